The number of carbonyl (C=O) groups is 1. The van der Waals surface area contributed by atoms with E-state index in [9.17, 15) is 4.79 Å². The molecule has 0 unspecified atom stereocenters. The lowest BCUT2D eigenvalue weighted by Crippen LogP contribution is -2.33. The second kappa shape index (κ2) is 7.64. The van der Waals surface area contributed by atoms with E-state index in [2.05, 4.69) is 31.4 Å². The van der Waals surface area contributed by atoms with E-state index in [-0.39, 0.29) is 17.7 Å². The number of hydrogen-bond acceptors (Lipinski definition) is 5. The molecular formula is C14H18BrN5OS. The molecule has 0 bridgehead atoms. The highest BCUT2D eigenvalue weighted by Gasteiger charge is 2.15. The van der Waals surface area contributed by atoms with Crippen LogP contribution in [0.1, 0.15) is 20.3 Å². The minimum atomic E-state index is -0.0372. The lowest BCUT2D eigenvalue weighted by molar-refractivity contribution is -0.119. The van der Waals surface area contributed by atoms with Crippen LogP contribution < -0.4 is 11.2 Å². The summed E-state index contributed by atoms with van der Waals surface area (Å²) in [6.07, 6.45) is 0.898. The van der Waals surface area contributed by atoms with Gasteiger partial charge in [0.15, 0.2) is 5.82 Å². The van der Waals surface area contributed by atoms with Gasteiger partial charge in [0.25, 0.3) is 0 Å². The van der Waals surface area contributed by atoms with Gasteiger partial charge in [-0.1, -0.05) is 46.7 Å². The first kappa shape index (κ1) is 16.8. The van der Waals surface area contributed by atoms with Gasteiger partial charge < -0.3 is 11.2 Å². The van der Waals surface area contributed by atoms with E-state index in [1.807, 2.05) is 38.1 Å². The zero-order valence-corrected chi connectivity index (χ0v) is 14.8. The van der Waals surface area contributed by atoms with E-state index >= 15 is 0 Å². The quantitative estimate of drug-likeness (QED) is 0.590. The Morgan fingerprint density at radius 2 is 2.18 bits per heavy atom. The van der Waals surface area contributed by atoms with Crippen LogP contribution in [0, 0.1) is 0 Å². The van der Waals surface area contributed by atoms with Crippen molar-refractivity contribution in [3.05, 3.63) is 28.7 Å². The minimum absolute atomic E-state index is 0.0372. The Morgan fingerprint density at radius 1 is 1.45 bits per heavy atom. The molecule has 0 fully saturated rings. The number of amides is 1. The second-order valence-electron chi connectivity index (χ2n) is 4.82. The lowest BCUT2D eigenvalue weighted by atomic mass is 10.2. The second-order valence-corrected chi connectivity index (χ2v) is 6.62. The molecule has 0 radical (unpaired) electrons. The number of hydrogen-bond donors (Lipinski definition) is 2. The van der Waals surface area contributed by atoms with E-state index < -0.39 is 0 Å². The summed E-state index contributed by atoms with van der Waals surface area (Å²) in [6, 6.07) is 7.80. The standard InChI is InChI=1S/C14H18BrN5OS/c1-3-9(2)17-12(21)8-22-14-19-18-13(20(14)16)10-6-4-5-7-11(10)15/h4-7,9H,3,8,16H2,1-2H3,(H,17,21)/t9-/m0/s1. The van der Waals surface area contributed by atoms with Crippen LogP contribution in [0.3, 0.4) is 0 Å². The Kier molecular flexibility index (Phi) is 5.84. The third kappa shape index (κ3) is 4.01. The third-order valence-corrected chi connectivity index (χ3v) is 4.77. The number of aromatic nitrogens is 3. The molecule has 0 spiro atoms. The van der Waals surface area contributed by atoms with Gasteiger partial charge in [0.05, 0.1) is 5.75 Å². The average Bonchev–Trinajstić information content (AvgIpc) is 2.86. The molecule has 8 heteroatoms. The van der Waals surface area contributed by atoms with E-state index in [1.165, 1.54) is 16.4 Å². The van der Waals surface area contributed by atoms with Gasteiger partial charge in [-0.05, 0) is 25.5 Å². The number of rotatable bonds is 6. The van der Waals surface area contributed by atoms with Crippen molar-refractivity contribution >= 4 is 33.6 Å². The van der Waals surface area contributed by atoms with Crippen molar-refractivity contribution in [3.63, 3.8) is 0 Å². The van der Waals surface area contributed by atoms with Crippen LogP contribution in [0.25, 0.3) is 11.4 Å². The normalized spacial score (nSPS) is 12.1. The molecule has 6 nitrogen and oxygen atoms in total. The predicted molar refractivity (Wildman–Crippen MR) is 91.9 cm³/mol. The largest absolute Gasteiger partial charge is 0.353 e. The van der Waals surface area contributed by atoms with Crippen LogP contribution in [-0.2, 0) is 4.79 Å². The van der Waals surface area contributed by atoms with Crippen molar-refractivity contribution in [1.82, 2.24) is 20.2 Å². The molecule has 2 aromatic rings. The first-order chi connectivity index (χ1) is 10.5. The molecule has 0 saturated heterocycles. The Bertz CT molecular complexity index is 660. The monoisotopic (exact) mass is 383 g/mol. The smallest absolute Gasteiger partial charge is 0.230 e. The number of carbonyl (C=O) groups excluding carboxylic acids is 1. The first-order valence-corrected chi connectivity index (χ1v) is 8.68. The zero-order chi connectivity index (χ0) is 16.1. The lowest BCUT2D eigenvalue weighted by Gasteiger charge is -2.10. The van der Waals surface area contributed by atoms with E-state index in [0.29, 0.717) is 11.0 Å². The number of thioether (sulfide) groups is 1. The van der Waals surface area contributed by atoms with E-state index in [4.69, 9.17) is 5.84 Å². The Hall–Kier alpha value is -1.54. The summed E-state index contributed by atoms with van der Waals surface area (Å²) in [5.41, 5.74) is 0.855. The number of nitrogens with zero attached hydrogens (tertiary/aromatic N) is 3. The summed E-state index contributed by atoms with van der Waals surface area (Å²) in [4.78, 5) is 11.8. The highest BCUT2D eigenvalue weighted by molar-refractivity contribution is 9.10. The van der Waals surface area contributed by atoms with Gasteiger partial charge in [0, 0.05) is 16.1 Å². The Balaban J connectivity index is 2.06. The molecule has 1 atom stereocenters. The van der Waals surface area contributed by atoms with Crippen LogP contribution >= 0.6 is 27.7 Å². The fourth-order valence-corrected chi connectivity index (χ4v) is 2.88. The van der Waals surface area contributed by atoms with E-state index in [0.717, 1.165) is 16.5 Å². The molecule has 0 aliphatic heterocycles. The summed E-state index contributed by atoms with van der Waals surface area (Å²) >= 11 is 4.73. The van der Waals surface area contributed by atoms with Gasteiger partial charge in [-0.15, -0.1) is 10.2 Å². The third-order valence-electron chi connectivity index (χ3n) is 3.13. The molecule has 22 heavy (non-hydrogen) atoms. The van der Waals surface area contributed by atoms with Crippen LogP contribution in [-0.4, -0.2) is 32.6 Å². The van der Waals surface area contributed by atoms with Crippen LogP contribution in [0.4, 0.5) is 0 Å². The van der Waals surface area contributed by atoms with Gasteiger partial charge in [0.2, 0.25) is 11.1 Å². The van der Waals surface area contributed by atoms with Gasteiger partial charge in [0.1, 0.15) is 0 Å². The summed E-state index contributed by atoms with van der Waals surface area (Å²) < 4.78 is 2.29. The molecule has 2 rings (SSSR count). The number of halogens is 1. The van der Waals surface area contributed by atoms with Crippen molar-refractivity contribution in [2.45, 2.75) is 31.5 Å². The van der Waals surface area contributed by atoms with Crippen LogP contribution in [0.15, 0.2) is 33.9 Å². The summed E-state index contributed by atoms with van der Waals surface area (Å²) in [5, 5.41) is 11.6. The summed E-state index contributed by atoms with van der Waals surface area (Å²) in [6.45, 7) is 4.00. The molecule has 1 heterocycles. The number of nitrogen functional groups attached to an aromatic ring is 1. The highest BCUT2D eigenvalue weighted by Crippen LogP contribution is 2.27. The SMILES string of the molecule is CC[C@H](C)NC(=O)CSc1nnc(-c2ccccc2Br)n1N. The summed E-state index contributed by atoms with van der Waals surface area (Å²) in [5.74, 6) is 6.81. The maximum Gasteiger partial charge on any atom is 0.230 e. The molecule has 1 amide bonds. The fourth-order valence-electron chi connectivity index (χ4n) is 1.75. The van der Waals surface area contributed by atoms with Crippen molar-refractivity contribution in [3.8, 4) is 11.4 Å². The average molecular weight is 384 g/mol. The Labute approximate surface area is 142 Å². The number of nitrogens with two attached hydrogens (primary N) is 1. The number of benzene rings is 1. The zero-order valence-electron chi connectivity index (χ0n) is 12.4. The van der Waals surface area contributed by atoms with Crippen LogP contribution in [0.5, 0.6) is 0 Å². The molecule has 0 aliphatic rings. The summed E-state index contributed by atoms with van der Waals surface area (Å²) in [7, 11) is 0. The minimum Gasteiger partial charge on any atom is -0.353 e. The van der Waals surface area contributed by atoms with Crippen molar-refractivity contribution in [2.75, 3.05) is 11.6 Å². The van der Waals surface area contributed by atoms with Crippen molar-refractivity contribution in [2.24, 2.45) is 0 Å². The van der Waals surface area contributed by atoms with Crippen molar-refractivity contribution in [1.29, 1.82) is 0 Å². The maximum atomic E-state index is 11.8. The molecule has 0 aliphatic carbocycles. The number of nitrogens with one attached hydrogen (secondary N) is 1. The molecule has 1 aromatic heterocycles. The first-order valence-electron chi connectivity index (χ1n) is 6.90. The van der Waals surface area contributed by atoms with Crippen molar-refractivity contribution < 1.29 is 4.79 Å². The van der Waals surface area contributed by atoms with Gasteiger partial charge >= 0.3 is 0 Å². The predicted octanol–water partition coefficient (Wildman–Crippen LogP) is 2.43. The van der Waals surface area contributed by atoms with Gasteiger partial charge in [-0.2, -0.15) is 0 Å². The van der Waals surface area contributed by atoms with Gasteiger partial charge in [-0.25, -0.2) is 4.68 Å². The molecule has 118 valence electrons. The Morgan fingerprint density at radius 3 is 2.86 bits per heavy atom. The van der Waals surface area contributed by atoms with Gasteiger partial charge in [-0.3, -0.25) is 4.79 Å². The highest BCUT2D eigenvalue weighted by atomic mass is 79.9. The van der Waals surface area contributed by atoms with Crippen LogP contribution in [0.2, 0.25) is 0 Å². The maximum absolute atomic E-state index is 11.8. The molecule has 1 aromatic carbocycles. The molecule has 3 N–H and O–H groups in total. The molecular weight excluding hydrogens is 366 g/mol. The molecule has 0 saturated carbocycles. The van der Waals surface area contributed by atoms with E-state index in [1.54, 1.807) is 0 Å². The fraction of sp³-hybridized carbons (Fsp3) is 0.357. The topological polar surface area (TPSA) is 85.8 Å².